The van der Waals surface area contributed by atoms with Crippen LogP contribution < -0.4 is 0 Å². The van der Waals surface area contributed by atoms with Gasteiger partial charge in [-0.3, -0.25) is 9.59 Å². The van der Waals surface area contributed by atoms with E-state index in [-0.39, 0.29) is 24.8 Å². The van der Waals surface area contributed by atoms with Gasteiger partial charge >= 0.3 is 5.97 Å². The van der Waals surface area contributed by atoms with Crippen LogP contribution in [-0.2, 0) is 11.2 Å². The maximum atomic E-state index is 12.9. The van der Waals surface area contributed by atoms with Crippen LogP contribution >= 0.6 is 0 Å². The molecule has 1 aromatic rings. The molecule has 0 aliphatic rings. The van der Waals surface area contributed by atoms with Gasteiger partial charge in [0.05, 0.1) is 0 Å². The van der Waals surface area contributed by atoms with Gasteiger partial charge < -0.3 is 5.11 Å². The molecule has 0 bridgehead atoms. The molecule has 3 nitrogen and oxygen atoms in total. The van der Waals surface area contributed by atoms with Crippen molar-refractivity contribution in [3.05, 3.63) is 34.9 Å². The summed E-state index contributed by atoms with van der Waals surface area (Å²) in [7, 11) is 0. The molecular formula is C11H10F2O3. The van der Waals surface area contributed by atoms with Crippen molar-refractivity contribution in [1.82, 2.24) is 0 Å². The molecule has 0 heterocycles. The van der Waals surface area contributed by atoms with Crippen LogP contribution in [0, 0.1) is 11.6 Å². The van der Waals surface area contributed by atoms with E-state index in [1.54, 1.807) is 0 Å². The Morgan fingerprint density at radius 1 is 1.31 bits per heavy atom. The number of carbonyl (C=O) groups excluding carboxylic acids is 1. The Hall–Kier alpha value is -1.78. The Labute approximate surface area is 90.7 Å². The maximum absolute atomic E-state index is 12.9. The average Bonchev–Trinajstić information content (AvgIpc) is 2.22. The smallest absolute Gasteiger partial charge is 0.303 e. The Balaban J connectivity index is 2.82. The molecule has 0 amide bonds. The van der Waals surface area contributed by atoms with Crippen molar-refractivity contribution in [2.45, 2.75) is 19.3 Å². The Morgan fingerprint density at radius 3 is 2.50 bits per heavy atom. The summed E-state index contributed by atoms with van der Waals surface area (Å²) >= 11 is 0. The number of aryl methyl sites for hydroxylation is 1. The van der Waals surface area contributed by atoms with Gasteiger partial charge in [0.25, 0.3) is 0 Å². The SMILES string of the molecule is O=Cc1cc(F)c(F)cc1CCCC(=O)O. The highest BCUT2D eigenvalue weighted by Crippen LogP contribution is 2.15. The second-order valence-corrected chi connectivity index (χ2v) is 3.33. The van der Waals surface area contributed by atoms with Crippen LogP contribution in [0.3, 0.4) is 0 Å². The van der Waals surface area contributed by atoms with E-state index < -0.39 is 17.6 Å². The third-order valence-corrected chi connectivity index (χ3v) is 2.15. The molecule has 0 spiro atoms. The first-order valence-corrected chi connectivity index (χ1v) is 4.69. The summed E-state index contributed by atoms with van der Waals surface area (Å²) in [6.45, 7) is 0. The molecule has 5 heteroatoms. The van der Waals surface area contributed by atoms with Gasteiger partial charge in [-0.25, -0.2) is 8.78 Å². The fraction of sp³-hybridized carbons (Fsp3) is 0.273. The highest BCUT2D eigenvalue weighted by Gasteiger charge is 2.09. The summed E-state index contributed by atoms with van der Waals surface area (Å²) in [5, 5.41) is 8.41. The van der Waals surface area contributed by atoms with Crippen LogP contribution in [0.5, 0.6) is 0 Å². The summed E-state index contributed by atoms with van der Waals surface area (Å²) in [6, 6.07) is 1.75. The lowest BCUT2D eigenvalue weighted by Crippen LogP contribution is -2.00. The standard InChI is InChI=1S/C11H10F2O3/c12-9-4-7(2-1-3-11(15)16)8(6-14)5-10(9)13/h4-6H,1-3H2,(H,15,16). The molecule has 1 aromatic carbocycles. The van der Waals surface area contributed by atoms with Gasteiger partial charge in [0.2, 0.25) is 0 Å². The number of carboxylic acid groups (broad SMARTS) is 1. The minimum Gasteiger partial charge on any atom is -0.481 e. The third-order valence-electron chi connectivity index (χ3n) is 2.15. The molecule has 0 atom stereocenters. The van der Waals surface area contributed by atoms with Crippen molar-refractivity contribution in [2.24, 2.45) is 0 Å². The van der Waals surface area contributed by atoms with Crippen LogP contribution in [-0.4, -0.2) is 17.4 Å². The van der Waals surface area contributed by atoms with Gasteiger partial charge in [0.15, 0.2) is 11.6 Å². The van der Waals surface area contributed by atoms with Gasteiger partial charge in [-0.05, 0) is 30.5 Å². The van der Waals surface area contributed by atoms with E-state index in [0.717, 1.165) is 12.1 Å². The highest BCUT2D eigenvalue weighted by molar-refractivity contribution is 5.77. The van der Waals surface area contributed by atoms with Gasteiger partial charge in [0.1, 0.15) is 6.29 Å². The number of aliphatic carboxylic acids is 1. The van der Waals surface area contributed by atoms with Crippen LogP contribution in [0.4, 0.5) is 8.78 Å². The fourth-order valence-corrected chi connectivity index (χ4v) is 1.36. The molecule has 0 radical (unpaired) electrons. The monoisotopic (exact) mass is 228 g/mol. The predicted octanol–water partition coefficient (Wildman–Crippen LogP) is 2.18. The number of aldehydes is 1. The Morgan fingerprint density at radius 2 is 1.94 bits per heavy atom. The van der Waals surface area contributed by atoms with E-state index in [1.807, 2.05) is 0 Å². The largest absolute Gasteiger partial charge is 0.481 e. The zero-order valence-electron chi connectivity index (χ0n) is 8.37. The quantitative estimate of drug-likeness (QED) is 0.786. The van der Waals surface area contributed by atoms with Crippen LogP contribution in [0.25, 0.3) is 0 Å². The second-order valence-electron chi connectivity index (χ2n) is 3.33. The summed E-state index contributed by atoms with van der Waals surface area (Å²) in [5.74, 6) is -3.07. The maximum Gasteiger partial charge on any atom is 0.303 e. The first-order valence-electron chi connectivity index (χ1n) is 4.69. The van der Waals surface area contributed by atoms with Crippen molar-refractivity contribution in [3.8, 4) is 0 Å². The minimum absolute atomic E-state index is 0.0595. The zero-order valence-corrected chi connectivity index (χ0v) is 8.37. The van der Waals surface area contributed by atoms with Crippen molar-refractivity contribution in [2.75, 3.05) is 0 Å². The number of carboxylic acids is 1. The molecule has 0 fully saturated rings. The zero-order chi connectivity index (χ0) is 12.1. The van der Waals surface area contributed by atoms with E-state index in [9.17, 15) is 18.4 Å². The summed E-state index contributed by atoms with van der Waals surface area (Å²) < 4.78 is 25.6. The third kappa shape index (κ3) is 3.12. The van der Waals surface area contributed by atoms with Crippen LogP contribution in [0.15, 0.2) is 12.1 Å². The summed E-state index contributed by atoms with van der Waals surface area (Å²) in [6.07, 6.45) is 0.870. The first kappa shape index (κ1) is 12.3. The van der Waals surface area contributed by atoms with Gasteiger partial charge in [-0.2, -0.15) is 0 Å². The molecule has 16 heavy (non-hydrogen) atoms. The van der Waals surface area contributed by atoms with Crippen LogP contribution in [0.1, 0.15) is 28.8 Å². The van der Waals surface area contributed by atoms with E-state index in [0.29, 0.717) is 11.8 Å². The topological polar surface area (TPSA) is 54.4 Å². The number of carbonyl (C=O) groups is 2. The van der Waals surface area contributed by atoms with Gasteiger partial charge in [0, 0.05) is 12.0 Å². The summed E-state index contributed by atoms with van der Waals surface area (Å²) in [5.41, 5.74) is 0.388. The van der Waals surface area contributed by atoms with E-state index in [1.165, 1.54) is 0 Å². The van der Waals surface area contributed by atoms with E-state index in [2.05, 4.69) is 0 Å². The fourth-order valence-electron chi connectivity index (χ4n) is 1.36. The van der Waals surface area contributed by atoms with Crippen molar-refractivity contribution in [1.29, 1.82) is 0 Å². The molecule has 0 saturated heterocycles. The lowest BCUT2D eigenvalue weighted by molar-refractivity contribution is -0.137. The number of benzene rings is 1. The lowest BCUT2D eigenvalue weighted by atomic mass is 10.0. The number of rotatable bonds is 5. The number of hydrogen-bond donors (Lipinski definition) is 1. The highest BCUT2D eigenvalue weighted by atomic mass is 19.2. The van der Waals surface area contributed by atoms with Gasteiger partial charge in [-0.1, -0.05) is 0 Å². The molecule has 86 valence electrons. The van der Waals surface area contributed by atoms with E-state index in [4.69, 9.17) is 5.11 Å². The molecule has 1 N–H and O–H groups in total. The average molecular weight is 228 g/mol. The molecular weight excluding hydrogens is 218 g/mol. The van der Waals surface area contributed by atoms with Crippen molar-refractivity contribution in [3.63, 3.8) is 0 Å². The lowest BCUT2D eigenvalue weighted by Gasteiger charge is -2.04. The molecule has 0 aliphatic carbocycles. The molecule has 0 aromatic heterocycles. The Kier molecular flexibility index (Phi) is 4.10. The predicted molar refractivity (Wildman–Crippen MR) is 52.3 cm³/mol. The molecule has 0 saturated carbocycles. The van der Waals surface area contributed by atoms with E-state index >= 15 is 0 Å². The van der Waals surface area contributed by atoms with Crippen molar-refractivity contribution >= 4 is 12.3 Å². The van der Waals surface area contributed by atoms with Gasteiger partial charge in [-0.15, -0.1) is 0 Å². The Bertz CT molecular complexity index is 416. The molecule has 0 aliphatic heterocycles. The second kappa shape index (κ2) is 5.34. The molecule has 0 unspecified atom stereocenters. The first-order chi connectivity index (χ1) is 7.54. The van der Waals surface area contributed by atoms with Crippen molar-refractivity contribution < 1.29 is 23.5 Å². The summed E-state index contributed by atoms with van der Waals surface area (Å²) in [4.78, 5) is 20.8. The normalized spacial score (nSPS) is 10.1. The van der Waals surface area contributed by atoms with Crippen LogP contribution in [0.2, 0.25) is 0 Å². The molecule has 1 rings (SSSR count). The minimum atomic E-state index is -1.08. The number of halogens is 2. The number of hydrogen-bond acceptors (Lipinski definition) is 2.